The lowest BCUT2D eigenvalue weighted by atomic mass is 10.2. The van der Waals surface area contributed by atoms with Crippen molar-refractivity contribution in [1.82, 2.24) is 5.32 Å². The van der Waals surface area contributed by atoms with Gasteiger partial charge in [-0.3, -0.25) is 0 Å². The van der Waals surface area contributed by atoms with Crippen LogP contribution < -0.4 is 5.32 Å². The number of halogens is 1. The minimum Gasteiger partial charge on any atom is -0.448 e. The van der Waals surface area contributed by atoms with Crippen molar-refractivity contribution in [2.45, 2.75) is 18.9 Å². The van der Waals surface area contributed by atoms with Crippen LogP contribution in [0.3, 0.4) is 0 Å². The van der Waals surface area contributed by atoms with Crippen molar-refractivity contribution >= 4 is 11.6 Å². The third-order valence-corrected chi connectivity index (χ3v) is 2.37. The molecule has 11 heavy (non-hydrogen) atoms. The molecule has 60 valence electrons. The average molecular weight is 172 g/mol. The molecule has 0 fully saturated rings. The maximum Gasteiger partial charge on any atom is 0.193 e. The van der Waals surface area contributed by atoms with Gasteiger partial charge in [-0.25, -0.2) is 0 Å². The first-order valence-corrected chi connectivity index (χ1v) is 4.14. The normalized spacial score (nSPS) is 22.2. The predicted octanol–water partition coefficient (Wildman–Crippen LogP) is 2.14. The van der Waals surface area contributed by atoms with E-state index in [1.165, 1.54) is 5.56 Å². The van der Waals surface area contributed by atoms with Crippen molar-refractivity contribution < 1.29 is 4.42 Å². The SMILES string of the molecule is CNC1CCc2cc(Cl)oc21. The molecule has 0 amide bonds. The van der Waals surface area contributed by atoms with Crippen LogP contribution in [0, 0.1) is 0 Å². The van der Waals surface area contributed by atoms with Gasteiger partial charge >= 0.3 is 0 Å². The Morgan fingerprint density at radius 2 is 2.55 bits per heavy atom. The molecule has 0 aromatic carbocycles. The number of hydrogen-bond acceptors (Lipinski definition) is 2. The Morgan fingerprint density at radius 1 is 1.73 bits per heavy atom. The Morgan fingerprint density at radius 3 is 3.27 bits per heavy atom. The zero-order chi connectivity index (χ0) is 7.84. The van der Waals surface area contributed by atoms with Crippen molar-refractivity contribution in [2.24, 2.45) is 0 Å². The van der Waals surface area contributed by atoms with Gasteiger partial charge in [0.05, 0.1) is 6.04 Å². The predicted molar refractivity (Wildman–Crippen MR) is 43.8 cm³/mol. The molecule has 0 saturated carbocycles. The fourth-order valence-corrected chi connectivity index (χ4v) is 1.82. The summed E-state index contributed by atoms with van der Waals surface area (Å²) in [5.74, 6) is 1.03. The van der Waals surface area contributed by atoms with Crippen molar-refractivity contribution in [3.63, 3.8) is 0 Å². The second-order valence-electron chi connectivity index (χ2n) is 2.82. The molecule has 0 bridgehead atoms. The quantitative estimate of drug-likeness (QED) is 0.701. The zero-order valence-electron chi connectivity index (χ0n) is 6.36. The molecule has 3 heteroatoms. The van der Waals surface area contributed by atoms with Gasteiger partial charge in [0.2, 0.25) is 0 Å². The molecular weight excluding hydrogens is 162 g/mol. The van der Waals surface area contributed by atoms with E-state index in [-0.39, 0.29) is 0 Å². The molecule has 2 nitrogen and oxygen atoms in total. The molecule has 2 rings (SSSR count). The van der Waals surface area contributed by atoms with Crippen LogP contribution in [0.1, 0.15) is 23.8 Å². The molecular formula is C8H10ClNO. The number of hydrogen-bond donors (Lipinski definition) is 1. The zero-order valence-corrected chi connectivity index (χ0v) is 7.11. The van der Waals surface area contributed by atoms with E-state index in [2.05, 4.69) is 5.32 Å². The van der Waals surface area contributed by atoms with E-state index in [1.807, 2.05) is 13.1 Å². The van der Waals surface area contributed by atoms with Crippen LogP contribution in [0.2, 0.25) is 5.22 Å². The van der Waals surface area contributed by atoms with Crippen molar-refractivity contribution in [2.75, 3.05) is 7.05 Å². The Labute approximate surface area is 70.5 Å². The molecule has 1 aromatic heterocycles. The van der Waals surface area contributed by atoms with Gasteiger partial charge in [0.1, 0.15) is 5.76 Å². The van der Waals surface area contributed by atoms with Gasteiger partial charge in [0, 0.05) is 0 Å². The Balaban J connectivity index is 2.37. The van der Waals surface area contributed by atoms with E-state index in [0.29, 0.717) is 11.3 Å². The second kappa shape index (κ2) is 2.54. The minimum atomic E-state index is 0.373. The first-order valence-electron chi connectivity index (χ1n) is 3.76. The van der Waals surface area contributed by atoms with Gasteiger partial charge in [-0.2, -0.15) is 0 Å². The van der Waals surface area contributed by atoms with Gasteiger partial charge in [-0.05, 0) is 43.1 Å². The summed E-state index contributed by atoms with van der Waals surface area (Å²) < 4.78 is 5.33. The fourth-order valence-electron chi connectivity index (χ4n) is 1.60. The molecule has 1 N–H and O–H groups in total. The molecule has 1 unspecified atom stereocenters. The fraction of sp³-hybridized carbons (Fsp3) is 0.500. The number of aryl methyl sites for hydroxylation is 1. The molecule has 1 aliphatic rings. The number of furan rings is 1. The molecule has 0 aliphatic heterocycles. The number of fused-ring (bicyclic) bond motifs is 1. The number of nitrogens with one attached hydrogen (secondary N) is 1. The van der Waals surface area contributed by atoms with Gasteiger partial charge in [0.25, 0.3) is 0 Å². The Kier molecular flexibility index (Phi) is 1.66. The summed E-state index contributed by atoms with van der Waals surface area (Å²) in [4.78, 5) is 0. The molecule has 1 heterocycles. The van der Waals surface area contributed by atoms with Crippen LogP contribution in [0.15, 0.2) is 10.5 Å². The van der Waals surface area contributed by atoms with Gasteiger partial charge < -0.3 is 9.73 Å². The van der Waals surface area contributed by atoms with Crippen LogP contribution in [-0.2, 0) is 6.42 Å². The second-order valence-corrected chi connectivity index (χ2v) is 3.19. The summed E-state index contributed by atoms with van der Waals surface area (Å²) in [7, 11) is 1.94. The molecule has 1 aliphatic carbocycles. The van der Waals surface area contributed by atoms with E-state index < -0.39 is 0 Å². The maximum absolute atomic E-state index is 5.71. The lowest BCUT2D eigenvalue weighted by Crippen LogP contribution is -2.12. The van der Waals surface area contributed by atoms with E-state index in [0.717, 1.165) is 18.6 Å². The smallest absolute Gasteiger partial charge is 0.193 e. The van der Waals surface area contributed by atoms with E-state index in [4.69, 9.17) is 16.0 Å². The lowest BCUT2D eigenvalue weighted by molar-refractivity contribution is 0.440. The average Bonchev–Trinajstić information content (AvgIpc) is 2.45. The minimum absolute atomic E-state index is 0.373. The van der Waals surface area contributed by atoms with Crippen LogP contribution in [0.5, 0.6) is 0 Å². The third-order valence-electron chi connectivity index (χ3n) is 2.18. The highest BCUT2D eigenvalue weighted by Gasteiger charge is 2.25. The molecule has 0 saturated heterocycles. The van der Waals surface area contributed by atoms with Crippen molar-refractivity contribution in [3.8, 4) is 0 Å². The highest BCUT2D eigenvalue weighted by atomic mass is 35.5. The van der Waals surface area contributed by atoms with E-state index in [9.17, 15) is 0 Å². The van der Waals surface area contributed by atoms with Gasteiger partial charge in [-0.15, -0.1) is 0 Å². The molecule has 0 radical (unpaired) electrons. The first-order chi connectivity index (χ1) is 5.31. The Bertz CT molecular complexity index is 269. The molecule has 1 aromatic rings. The van der Waals surface area contributed by atoms with Crippen LogP contribution in [-0.4, -0.2) is 7.05 Å². The summed E-state index contributed by atoms with van der Waals surface area (Å²) >= 11 is 5.71. The third kappa shape index (κ3) is 1.06. The Hall–Kier alpha value is -0.470. The van der Waals surface area contributed by atoms with E-state index in [1.54, 1.807) is 0 Å². The number of rotatable bonds is 1. The van der Waals surface area contributed by atoms with Crippen LogP contribution in [0.4, 0.5) is 0 Å². The van der Waals surface area contributed by atoms with Crippen LogP contribution in [0.25, 0.3) is 0 Å². The van der Waals surface area contributed by atoms with Gasteiger partial charge in [-0.1, -0.05) is 0 Å². The lowest BCUT2D eigenvalue weighted by Gasteiger charge is -2.04. The summed E-state index contributed by atoms with van der Waals surface area (Å²) in [5.41, 5.74) is 1.26. The topological polar surface area (TPSA) is 25.2 Å². The summed E-state index contributed by atoms with van der Waals surface area (Å²) in [5, 5.41) is 3.69. The summed E-state index contributed by atoms with van der Waals surface area (Å²) in [6.45, 7) is 0. The molecule has 0 spiro atoms. The monoisotopic (exact) mass is 171 g/mol. The highest BCUT2D eigenvalue weighted by molar-refractivity contribution is 6.28. The summed E-state index contributed by atoms with van der Waals surface area (Å²) in [6.07, 6.45) is 2.21. The first kappa shape index (κ1) is 7.19. The van der Waals surface area contributed by atoms with Gasteiger partial charge in [0.15, 0.2) is 5.22 Å². The largest absolute Gasteiger partial charge is 0.448 e. The summed E-state index contributed by atoms with van der Waals surface area (Å²) in [6, 6.07) is 2.28. The van der Waals surface area contributed by atoms with E-state index >= 15 is 0 Å². The standard InChI is InChI=1S/C8H10ClNO/c1-10-6-3-2-5-4-7(9)11-8(5)6/h4,6,10H,2-3H2,1H3. The van der Waals surface area contributed by atoms with Crippen LogP contribution >= 0.6 is 11.6 Å². The van der Waals surface area contributed by atoms with Crippen molar-refractivity contribution in [1.29, 1.82) is 0 Å². The highest BCUT2D eigenvalue weighted by Crippen LogP contribution is 2.34. The maximum atomic E-state index is 5.71. The molecule has 1 atom stereocenters. The van der Waals surface area contributed by atoms with Crippen molar-refractivity contribution in [3.05, 3.63) is 22.6 Å².